The summed E-state index contributed by atoms with van der Waals surface area (Å²) < 4.78 is 37.7. The Bertz CT molecular complexity index is 1260. The van der Waals surface area contributed by atoms with Gasteiger partial charge in [0.1, 0.15) is 11.8 Å². The van der Waals surface area contributed by atoms with Gasteiger partial charge in [-0.15, -0.1) is 11.3 Å². The van der Waals surface area contributed by atoms with Crippen LogP contribution in [-0.4, -0.2) is 49.0 Å². The molecule has 36 heavy (non-hydrogen) atoms. The number of methoxy groups -OCH3 is 1. The van der Waals surface area contributed by atoms with E-state index in [1.807, 2.05) is 38.1 Å². The van der Waals surface area contributed by atoms with Gasteiger partial charge in [0.05, 0.1) is 23.0 Å². The second-order valence-electron chi connectivity index (χ2n) is 10.4. The third-order valence-corrected chi connectivity index (χ3v) is 10.6. The molecule has 1 aromatic heterocycles. The van der Waals surface area contributed by atoms with Crippen LogP contribution in [0.15, 0.2) is 35.7 Å². The lowest BCUT2D eigenvalue weighted by molar-refractivity contribution is -0.147. The third-order valence-electron chi connectivity index (χ3n) is 8.39. The summed E-state index contributed by atoms with van der Waals surface area (Å²) in [7, 11) is -2.90. The molecule has 2 aromatic rings. The number of ketones is 1. The van der Waals surface area contributed by atoms with E-state index in [0.29, 0.717) is 17.9 Å². The second-order valence-corrected chi connectivity index (χ2v) is 13.2. The van der Waals surface area contributed by atoms with E-state index in [4.69, 9.17) is 16.3 Å². The van der Waals surface area contributed by atoms with Gasteiger partial charge in [0.25, 0.3) is 0 Å². The minimum atomic E-state index is -4.33. The Labute approximate surface area is 221 Å². The number of nitrogens with zero attached hydrogens (tertiary/aromatic N) is 1. The Morgan fingerprint density at radius 1 is 1.31 bits per heavy atom. The Morgan fingerprint density at radius 2 is 2.03 bits per heavy atom. The molecule has 5 rings (SSSR count). The van der Waals surface area contributed by atoms with E-state index < -0.39 is 27.3 Å². The molecule has 2 bridgehead atoms. The molecule has 7 nitrogen and oxygen atoms in total. The molecular formula is C26H31ClNO6S2-. The summed E-state index contributed by atoms with van der Waals surface area (Å²) >= 11 is 8.07. The highest BCUT2D eigenvalue weighted by Crippen LogP contribution is 2.64. The van der Waals surface area contributed by atoms with Crippen molar-refractivity contribution in [1.29, 1.82) is 0 Å². The molecule has 196 valence electrons. The molecule has 0 spiro atoms. The van der Waals surface area contributed by atoms with Crippen molar-refractivity contribution in [3.05, 3.63) is 56.7 Å². The van der Waals surface area contributed by atoms with E-state index in [2.05, 4.69) is 16.3 Å². The zero-order valence-electron chi connectivity index (χ0n) is 20.7. The van der Waals surface area contributed by atoms with E-state index in [1.165, 1.54) is 17.6 Å². The molecule has 2 fully saturated rings. The summed E-state index contributed by atoms with van der Waals surface area (Å²) in [4.78, 5) is 27.7. The third kappa shape index (κ3) is 5.00. The van der Waals surface area contributed by atoms with Crippen molar-refractivity contribution in [3.63, 3.8) is 0 Å². The quantitative estimate of drug-likeness (QED) is 0.394. The zero-order chi connectivity index (χ0) is 26.3. The molecule has 2 aliphatic carbocycles. The first-order chi connectivity index (χ1) is 16.9. The Kier molecular flexibility index (Phi) is 7.70. The molecule has 1 aliphatic heterocycles. The summed E-state index contributed by atoms with van der Waals surface area (Å²) in [5, 5.41) is 2.71. The van der Waals surface area contributed by atoms with E-state index >= 15 is 0 Å². The predicted octanol–water partition coefficient (Wildman–Crippen LogP) is 4.60. The first-order valence-electron chi connectivity index (χ1n) is 12.0. The predicted molar refractivity (Wildman–Crippen MR) is 138 cm³/mol. The number of benzene rings is 1. The maximum atomic E-state index is 12.3. The largest absolute Gasteiger partial charge is 0.748 e. The number of ether oxygens (including phenoxy) is 1. The summed E-state index contributed by atoms with van der Waals surface area (Å²) in [5.41, 5.74) is 0.886. The molecular weight excluding hydrogens is 522 g/mol. The summed E-state index contributed by atoms with van der Waals surface area (Å²) in [5.74, 6) is -0.542. The van der Waals surface area contributed by atoms with Gasteiger partial charge in [0, 0.05) is 34.8 Å². The summed E-state index contributed by atoms with van der Waals surface area (Å²) in [6, 6.07) is 9.16. The number of carbonyl (C=O) groups excluding carboxylic acids is 2. The van der Waals surface area contributed by atoms with Gasteiger partial charge in [-0.1, -0.05) is 43.6 Å². The fraction of sp³-hybridized carbons (Fsp3) is 0.538. The van der Waals surface area contributed by atoms with Crippen LogP contribution in [0.4, 0.5) is 0 Å². The first-order valence-corrected chi connectivity index (χ1v) is 14.8. The van der Waals surface area contributed by atoms with Crippen molar-refractivity contribution >= 4 is 44.8 Å². The fourth-order valence-corrected chi connectivity index (χ4v) is 8.59. The van der Waals surface area contributed by atoms with Gasteiger partial charge >= 0.3 is 5.97 Å². The summed E-state index contributed by atoms with van der Waals surface area (Å²) in [6.45, 7) is 5.42. The smallest absolute Gasteiger partial charge is 0.327 e. The highest BCUT2D eigenvalue weighted by molar-refractivity contribution is 7.85. The van der Waals surface area contributed by atoms with Gasteiger partial charge in [-0.05, 0) is 59.2 Å². The first kappa shape index (κ1) is 27.3. The number of hydrogen-bond acceptors (Lipinski definition) is 8. The van der Waals surface area contributed by atoms with Crippen LogP contribution in [0.5, 0.6) is 0 Å². The number of esters is 1. The van der Waals surface area contributed by atoms with Gasteiger partial charge in [-0.25, -0.2) is 13.2 Å². The minimum Gasteiger partial charge on any atom is -0.748 e. The number of carbonyl (C=O) groups is 2. The lowest BCUT2D eigenvalue weighted by Gasteiger charge is -2.37. The van der Waals surface area contributed by atoms with Gasteiger partial charge in [-0.3, -0.25) is 9.69 Å². The second kappa shape index (κ2) is 10.2. The molecule has 1 unspecified atom stereocenters. The Morgan fingerprint density at radius 3 is 2.61 bits per heavy atom. The van der Waals surface area contributed by atoms with Crippen LogP contribution < -0.4 is 0 Å². The van der Waals surface area contributed by atoms with Crippen molar-refractivity contribution in [2.24, 2.45) is 16.7 Å². The van der Waals surface area contributed by atoms with Crippen LogP contribution in [0.3, 0.4) is 0 Å². The monoisotopic (exact) mass is 552 g/mol. The normalized spacial score (nSPS) is 25.6. The molecule has 2 saturated carbocycles. The molecule has 0 radical (unpaired) electrons. The molecule has 0 amide bonds. The minimum absolute atomic E-state index is 0.0248. The van der Waals surface area contributed by atoms with Crippen molar-refractivity contribution in [1.82, 2.24) is 4.90 Å². The standard InChI is InChI=1S/C16H16ClNO2S.C10H16O4S/c1-20-16(19)15(12-4-2-3-5-13(12)17)18-8-6-14-11(10-18)7-9-21-14;1-9(2)7-3-4-10(9,8(11)5-7)6-15(12,13)14/h2-5,7,9,15H,6,8,10H2,1H3;7H,3-6H2,1-2H3,(H,12,13,14)/p-1/t15-;7?,10-/m01/s1. The average Bonchev–Trinajstić information content (AvgIpc) is 3.42. The maximum Gasteiger partial charge on any atom is 0.327 e. The number of rotatable bonds is 5. The lowest BCUT2D eigenvalue weighted by Crippen LogP contribution is -2.42. The molecule has 10 heteroatoms. The maximum absolute atomic E-state index is 12.3. The van der Waals surface area contributed by atoms with Crippen LogP contribution in [0, 0.1) is 16.7 Å². The van der Waals surface area contributed by atoms with Crippen LogP contribution in [0.1, 0.15) is 55.2 Å². The van der Waals surface area contributed by atoms with Crippen molar-refractivity contribution < 1.29 is 27.3 Å². The molecule has 0 saturated heterocycles. The van der Waals surface area contributed by atoms with E-state index in [1.54, 1.807) is 11.3 Å². The Hall–Kier alpha value is -1.78. The van der Waals surface area contributed by atoms with Crippen LogP contribution in [0.25, 0.3) is 0 Å². The van der Waals surface area contributed by atoms with Crippen molar-refractivity contribution in [2.45, 2.75) is 52.1 Å². The molecule has 1 aromatic carbocycles. The van der Waals surface area contributed by atoms with E-state index in [9.17, 15) is 22.6 Å². The van der Waals surface area contributed by atoms with Crippen LogP contribution in [0.2, 0.25) is 5.02 Å². The topological polar surface area (TPSA) is 104 Å². The SMILES string of the molecule is CC1(C)C2CC[C@@]1(CS(=O)(=O)[O-])C(=O)C2.COC(=O)[C@H](c1ccccc1Cl)N1CCc2sccc2C1. The summed E-state index contributed by atoms with van der Waals surface area (Å²) in [6.07, 6.45) is 2.84. The highest BCUT2D eigenvalue weighted by atomic mass is 35.5. The van der Waals surface area contributed by atoms with Gasteiger partial charge in [-0.2, -0.15) is 0 Å². The van der Waals surface area contributed by atoms with Crippen LogP contribution >= 0.6 is 22.9 Å². The number of fused-ring (bicyclic) bond motifs is 3. The lowest BCUT2D eigenvalue weighted by atomic mass is 9.70. The molecule has 0 N–H and O–H groups in total. The zero-order valence-corrected chi connectivity index (χ0v) is 23.0. The Balaban J connectivity index is 0.000000179. The molecule has 2 heterocycles. The van der Waals surface area contributed by atoms with Gasteiger partial charge in [0.15, 0.2) is 0 Å². The number of thiophene rings is 1. The molecule has 3 atom stereocenters. The van der Waals surface area contributed by atoms with Crippen molar-refractivity contribution in [3.8, 4) is 0 Å². The number of halogens is 1. The molecule has 3 aliphatic rings. The average molecular weight is 553 g/mol. The van der Waals surface area contributed by atoms with E-state index in [-0.39, 0.29) is 23.1 Å². The van der Waals surface area contributed by atoms with Gasteiger partial charge < -0.3 is 9.29 Å². The fourth-order valence-electron chi connectivity index (χ4n) is 6.18. The van der Waals surface area contributed by atoms with Crippen LogP contribution in [-0.2, 0) is 37.4 Å². The number of Topliss-reactive ketones (excluding diaryl/α,β-unsaturated/α-hetero) is 1. The number of hydrogen-bond donors (Lipinski definition) is 0. The van der Waals surface area contributed by atoms with Crippen molar-refractivity contribution in [2.75, 3.05) is 19.4 Å². The van der Waals surface area contributed by atoms with Gasteiger partial charge in [0.2, 0.25) is 0 Å². The highest BCUT2D eigenvalue weighted by Gasteiger charge is 2.64. The van der Waals surface area contributed by atoms with E-state index in [0.717, 1.165) is 31.5 Å².